The first-order chi connectivity index (χ1) is 13.3. The molecule has 0 saturated carbocycles. The molecule has 0 aliphatic rings. The lowest BCUT2D eigenvalue weighted by Crippen LogP contribution is -2.08. The van der Waals surface area contributed by atoms with Gasteiger partial charge < -0.3 is 15.6 Å². The molecule has 0 radical (unpaired) electrons. The molecule has 2 aromatic heterocycles. The Balaban J connectivity index is 1.37. The minimum atomic E-state index is 0.630. The number of H-pyrrole nitrogens is 1. The molecule has 4 rings (SSSR count). The Morgan fingerprint density at radius 1 is 1.00 bits per heavy atom. The summed E-state index contributed by atoms with van der Waals surface area (Å²) in [4.78, 5) is 12.2. The maximum Gasteiger partial charge on any atom is 0.224 e. The zero-order valence-electron chi connectivity index (χ0n) is 15.4. The minimum absolute atomic E-state index is 0.630. The number of hydrogen-bond acceptors (Lipinski definition) is 4. The van der Waals surface area contributed by atoms with Crippen molar-refractivity contribution in [2.45, 2.75) is 19.8 Å². The van der Waals surface area contributed by atoms with E-state index in [1.54, 1.807) is 6.20 Å². The summed E-state index contributed by atoms with van der Waals surface area (Å²) < 4.78 is 0. The van der Waals surface area contributed by atoms with Gasteiger partial charge in [0.05, 0.1) is 0 Å². The zero-order valence-corrected chi connectivity index (χ0v) is 15.4. The maximum atomic E-state index is 4.55. The van der Waals surface area contributed by atoms with Crippen molar-refractivity contribution in [2.24, 2.45) is 0 Å². The predicted octanol–water partition coefficient (Wildman–Crippen LogP) is 4.92. The standard InChI is InChI=1S/C22H23N5/c1-2-16-7-9-18(10-8-16)26-21-12-14-24-22(27-21)23-13-11-17-15-25-20-6-4-3-5-19(17)20/h3-10,12,14-15,25H,2,11,13H2,1H3,(H2,23,24,26,27). The number of hydrogen-bond donors (Lipinski definition) is 3. The third-order valence-electron chi connectivity index (χ3n) is 4.64. The first-order valence-electron chi connectivity index (χ1n) is 9.29. The van der Waals surface area contributed by atoms with Crippen LogP contribution < -0.4 is 10.6 Å². The Labute approximate surface area is 158 Å². The van der Waals surface area contributed by atoms with Crippen LogP contribution in [0.2, 0.25) is 0 Å². The molecular formula is C22H23N5. The molecular weight excluding hydrogens is 334 g/mol. The smallest absolute Gasteiger partial charge is 0.224 e. The number of para-hydroxylation sites is 1. The van der Waals surface area contributed by atoms with Crippen LogP contribution in [0, 0.1) is 0 Å². The number of fused-ring (bicyclic) bond motifs is 1. The van der Waals surface area contributed by atoms with Gasteiger partial charge in [0.1, 0.15) is 5.82 Å². The lowest BCUT2D eigenvalue weighted by Gasteiger charge is -2.09. The topological polar surface area (TPSA) is 65.6 Å². The molecule has 0 unspecified atom stereocenters. The molecule has 0 spiro atoms. The van der Waals surface area contributed by atoms with Gasteiger partial charge in [0.2, 0.25) is 5.95 Å². The zero-order chi connectivity index (χ0) is 18.5. The van der Waals surface area contributed by atoms with Crippen LogP contribution in [0.5, 0.6) is 0 Å². The first kappa shape index (κ1) is 17.1. The van der Waals surface area contributed by atoms with Gasteiger partial charge in [-0.15, -0.1) is 0 Å². The number of anilines is 3. The number of aromatic nitrogens is 3. The Morgan fingerprint density at radius 3 is 2.70 bits per heavy atom. The van der Waals surface area contributed by atoms with Crippen LogP contribution in [0.4, 0.5) is 17.5 Å². The van der Waals surface area contributed by atoms with E-state index < -0.39 is 0 Å². The van der Waals surface area contributed by atoms with E-state index in [1.165, 1.54) is 22.0 Å². The molecule has 5 nitrogen and oxygen atoms in total. The van der Waals surface area contributed by atoms with Gasteiger partial charge in [-0.25, -0.2) is 4.98 Å². The van der Waals surface area contributed by atoms with Gasteiger partial charge in [-0.3, -0.25) is 0 Å². The van der Waals surface area contributed by atoms with E-state index in [9.17, 15) is 0 Å². The molecule has 27 heavy (non-hydrogen) atoms. The second-order valence-electron chi connectivity index (χ2n) is 6.48. The van der Waals surface area contributed by atoms with Crippen molar-refractivity contribution in [1.82, 2.24) is 15.0 Å². The maximum absolute atomic E-state index is 4.55. The van der Waals surface area contributed by atoms with Crippen molar-refractivity contribution >= 4 is 28.4 Å². The summed E-state index contributed by atoms with van der Waals surface area (Å²) in [5.74, 6) is 1.41. The van der Waals surface area contributed by atoms with Crippen LogP contribution in [0.1, 0.15) is 18.1 Å². The quantitative estimate of drug-likeness (QED) is 0.439. The van der Waals surface area contributed by atoms with Gasteiger partial charge in [-0.1, -0.05) is 37.3 Å². The van der Waals surface area contributed by atoms with Crippen LogP contribution in [0.3, 0.4) is 0 Å². The average molecular weight is 357 g/mol. The van der Waals surface area contributed by atoms with Gasteiger partial charge in [0.15, 0.2) is 0 Å². The van der Waals surface area contributed by atoms with E-state index >= 15 is 0 Å². The number of benzene rings is 2. The summed E-state index contributed by atoms with van der Waals surface area (Å²) >= 11 is 0. The third-order valence-corrected chi connectivity index (χ3v) is 4.64. The van der Waals surface area contributed by atoms with Gasteiger partial charge in [-0.2, -0.15) is 4.98 Å². The summed E-state index contributed by atoms with van der Waals surface area (Å²) in [6, 6.07) is 18.6. The lowest BCUT2D eigenvalue weighted by molar-refractivity contribution is 0.991. The Hall–Kier alpha value is -3.34. The molecule has 4 aromatic rings. The SMILES string of the molecule is CCc1ccc(Nc2ccnc(NCCc3c[nH]c4ccccc34)n2)cc1. The fraction of sp³-hybridized carbons (Fsp3) is 0.182. The van der Waals surface area contributed by atoms with Crippen molar-refractivity contribution in [3.63, 3.8) is 0 Å². The molecule has 0 atom stereocenters. The highest BCUT2D eigenvalue weighted by molar-refractivity contribution is 5.83. The predicted molar refractivity (Wildman–Crippen MR) is 112 cm³/mol. The van der Waals surface area contributed by atoms with Crippen LogP contribution in [0.25, 0.3) is 10.9 Å². The van der Waals surface area contributed by atoms with Crippen LogP contribution in [-0.2, 0) is 12.8 Å². The van der Waals surface area contributed by atoms with Gasteiger partial charge in [-0.05, 0) is 48.2 Å². The molecule has 3 N–H and O–H groups in total. The molecule has 2 heterocycles. The van der Waals surface area contributed by atoms with Crippen molar-refractivity contribution in [2.75, 3.05) is 17.2 Å². The summed E-state index contributed by atoms with van der Waals surface area (Å²) in [5, 5.41) is 7.91. The average Bonchev–Trinajstić information content (AvgIpc) is 3.12. The van der Waals surface area contributed by atoms with Crippen molar-refractivity contribution in [3.05, 3.63) is 78.1 Å². The van der Waals surface area contributed by atoms with Gasteiger partial charge in [0, 0.05) is 35.5 Å². The Bertz CT molecular complexity index is 1020. The normalized spacial score (nSPS) is 10.9. The van der Waals surface area contributed by atoms with E-state index in [-0.39, 0.29) is 0 Å². The molecule has 0 aliphatic heterocycles. The number of nitrogens with one attached hydrogen (secondary N) is 3. The molecule has 5 heteroatoms. The third kappa shape index (κ3) is 4.08. The van der Waals surface area contributed by atoms with E-state index in [4.69, 9.17) is 0 Å². The van der Waals surface area contributed by atoms with E-state index in [1.807, 2.05) is 12.1 Å². The first-order valence-corrected chi connectivity index (χ1v) is 9.29. The molecule has 136 valence electrons. The molecule has 0 bridgehead atoms. The largest absolute Gasteiger partial charge is 0.361 e. The van der Waals surface area contributed by atoms with Crippen molar-refractivity contribution < 1.29 is 0 Å². The Morgan fingerprint density at radius 2 is 1.85 bits per heavy atom. The number of rotatable bonds is 7. The Kier molecular flexibility index (Phi) is 5.01. The van der Waals surface area contributed by atoms with E-state index in [0.717, 1.165) is 30.9 Å². The van der Waals surface area contributed by atoms with Crippen molar-refractivity contribution in [3.8, 4) is 0 Å². The van der Waals surface area contributed by atoms with Crippen LogP contribution >= 0.6 is 0 Å². The molecule has 2 aromatic carbocycles. The summed E-state index contributed by atoms with van der Waals surface area (Å²) in [6.45, 7) is 2.93. The van der Waals surface area contributed by atoms with Crippen LogP contribution in [-0.4, -0.2) is 21.5 Å². The monoisotopic (exact) mass is 357 g/mol. The molecule has 0 aliphatic carbocycles. The van der Waals surface area contributed by atoms with Gasteiger partial charge in [0.25, 0.3) is 0 Å². The summed E-state index contributed by atoms with van der Waals surface area (Å²) in [6.07, 6.45) is 5.79. The summed E-state index contributed by atoms with van der Waals surface area (Å²) in [7, 11) is 0. The number of aromatic amines is 1. The molecule has 0 saturated heterocycles. The highest BCUT2D eigenvalue weighted by Crippen LogP contribution is 2.19. The second kappa shape index (κ2) is 7.91. The van der Waals surface area contributed by atoms with Crippen molar-refractivity contribution in [1.29, 1.82) is 0 Å². The lowest BCUT2D eigenvalue weighted by atomic mass is 10.1. The number of aryl methyl sites for hydroxylation is 1. The van der Waals surface area contributed by atoms with Crippen LogP contribution in [0.15, 0.2) is 67.0 Å². The highest BCUT2D eigenvalue weighted by atomic mass is 15.1. The minimum Gasteiger partial charge on any atom is -0.361 e. The fourth-order valence-corrected chi connectivity index (χ4v) is 3.13. The number of nitrogens with zero attached hydrogens (tertiary/aromatic N) is 2. The van der Waals surface area contributed by atoms with Gasteiger partial charge >= 0.3 is 0 Å². The second-order valence-corrected chi connectivity index (χ2v) is 6.48. The molecule has 0 fully saturated rings. The highest BCUT2D eigenvalue weighted by Gasteiger charge is 2.04. The fourth-order valence-electron chi connectivity index (χ4n) is 3.13. The summed E-state index contributed by atoms with van der Waals surface area (Å²) in [5.41, 5.74) is 4.81. The van der Waals surface area contributed by atoms with E-state index in [2.05, 4.69) is 81.2 Å². The van der Waals surface area contributed by atoms with E-state index in [0.29, 0.717) is 5.95 Å². The molecule has 0 amide bonds.